The average molecular weight is 457 g/mol. The molecule has 0 aromatic heterocycles. The van der Waals surface area contributed by atoms with Gasteiger partial charge in [-0.2, -0.15) is 0 Å². The van der Waals surface area contributed by atoms with Gasteiger partial charge in [0.1, 0.15) is 23.5 Å². The monoisotopic (exact) mass is 456 g/mol. The van der Waals surface area contributed by atoms with E-state index in [2.05, 4.69) is 9.80 Å². The first-order valence-corrected chi connectivity index (χ1v) is 11.3. The Hall–Kier alpha value is -2.63. The van der Waals surface area contributed by atoms with Gasteiger partial charge < -0.3 is 9.64 Å². The number of hydrogen-bond donors (Lipinski definition) is 0. The van der Waals surface area contributed by atoms with Crippen molar-refractivity contribution in [2.45, 2.75) is 19.4 Å². The number of piperazine rings is 1. The molecule has 0 amide bonds. The summed E-state index contributed by atoms with van der Waals surface area (Å²) in [6, 6.07) is 18.9. The molecule has 0 spiro atoms. The second kappa shape index (κ2) is 10.3. The minimum absolute atomic E-state index is 0.215. The maximum absolute atomic E-state index is 13.5. The van der Waals surface area contributed by atoms with Crippen molar-refractivity contribution >= 4 is 17.3 Å². The van der Waals surface area contributed by atoms with E-state index in [-0.39, 0.29) is 17.7 Å². The lowest BCUT2D eigenvalue weighted by atomic mass is 10.1. The van der Waals surface area contributed by atoms with Crippen LogP contribution in [-0.2, 0) is 0 Å². The topological polar surface area (TPSA) is 15.7 Å². The van der Waals surface area contributed by atoms with Crippen LogP contribution in [0.5, 0.6) is 5.75 Å². The summed E-state index contributed by atoms with van der Waals surface area (Å²) in [5.74, 6) is 0.160. The summed E-state index contributed by atoms with van der Waals surface area (Å²) >= 11 is 6.36. The molecule has 0 bridgehead atoms. The van der Waals surface area contributed by atoms with E-state index in [9.17, 15) is 8.78 Å². The molecule has 0 saturated carbocycles. The van der Waals surface area contributed by atoms with E-state index in [1.54, 1.807) is 12.1 Å². The largest absolute Gasteiger partial charge is 0.484 e. The number of ether oxygens (including phenoxy) is 1. The molecule has 3 nitrogen and oxygen atoms in total. The van der Waals surface area contributed by atoms with Crippen molar-refractivity contribution < 1.29 is 13.5 Å². The van der Waals surface area contributed by atoms with Gasteiger partial charge in [-0.25, -0.2) is 8.78 Å². The zero-order valence-corrected chi connectivity index (χ0v) is 18.9. The molecule has 0 radical (unpaired) electrons. The number of benzene rings is 3. The standard InChI is InChI=1S/C26H27ClF2N2O/c1-19-2-11-24(27)26(18-19)32-25(20-3-5-21(28)6-4-20)12-13-30-14-16-31(17-15-30)23-9-7-22(29)8-10-23/h2-11,18,25H,12-17H2,1H3. The summed E-state index contributed by atoms with van der Waals surface area (Å²) < 4.78 is 33.0. The van der Waals surface area contributed by atoms with Crippen molar-refractivity contribution in [1.29, 1.82) is 0 Å². The maximum Gasteiger partial charge on any atom is 0.139 e. The maximum atomic E-state index is 13.5. The number of nitrogens with zero attached hydrogens (tertiary/aromatic N) is 2. The van der Waals surface area contributed by atoms with E-state index in [4.69, 9.17) is 16.3 Å². The van der Waals surface area contributed by atoms with Crippen LogP contribution in [0.15, 0.2) is 66.7 Å². The van der Waals surface area contributed by atoms with E-state index in [0.717, 1.165) is 56.0 Å². The molecule has 1 aliphatic rings. The lowest BCUT2D eigenvalue weighted by Crippen LogP contribution is -2.46. The van der Waals surface area contributed by atoms with E-state index >= 15 is 0 Å². The van der Waals surface area contributed by atoms with Gasteiger partial charge in [0.25, 0.3) is 0 Å². The Morgan fingerprint density at radius 3 is 2.16 bits per heavy atom. The summed E-state index contributed by atoms with van der Waals surface area (Å²) in [4.78, 5) is 4.67. The molecule has 1 atom stereocenters. The van der Waals surface area contributed by atoms with Gasteiger partial charge in [0.05, 0.1) is 5.02 Å². The lowest BCUT2D eigenvalue weighted by Gasteiger charge is -2.36. The fourth-order valence-electron chi connectivity index (χ4n) is 4.01. The first-order chi connectivity index (χ1) is 15.5. The predicted molar refractivity (Wildman–Crippen MR) is 126 cm³/mol. The molecule has 1 aliphatic heterocycles. The predicted octanol–water partition coefficient (Wildman–Crippen LogP) is 6.26. The van der Waals surface area contributed by atoms with E-state index in [0.29, 0.717) is 10.8 Å². The molecule has 1 fully saturated rings. The lowest BCUT2D eigenvalue weighted by molar-refractivity contribution is 0.160. The summed E-state index contributed by atoms with van der Waals surface area (Å²) in [6.45, 7) is 6.45. The number of halogens is 3. The number of hydrogen-bond acceptors (Lipinski definition) is 3. The van der Waals surface area contributed by atoms with Gasteiger partial charge >= 0.3 is 0 Å². The van der Waals surface area contributed by atoms with Crippen molar-refractivity contribution in [2.75, 3.05) is 37.6 Å². The Morgan fingerprint density at radius 1 is 0.875 bits per heavy atom. The molecule has 4 rings (SSSR count). The van der Waals surface area contributed by atoms with Crippen molar-refractivity contribution in [3.63, 3.8) is 0 Å². The van der Waals surface area contributed by atoms with Crippen molar-refractivity contribution in [3.8, 4) is 5.75 Å². The zero-order valence-electron chi connectivity index (χ0n) is 18.1. The van der Waals surface area contributed by atoms with Gasteiger partial charge in [-0.3, -0.25) is 4.90 Å². The minimum atomic E-state index is -0.266. The Morgan fingerprint density at radius 2 is 1.50 bits per heavy atom. The number of aryl methyl sites for hydroxylation is 1. The Bertz CT molecular complexity index is 1020. The van der Waals surface area contributed by atoms with Crippen LogP contribution >= 0.6 is 11.6 Å². The minimum Gasteiger partial charge on any atom is -0.484 e. The van der Waals surface area contributed by atoms with Gasteiger partial charge in [0.15, 0.2) is 0 Å². The van der Waals surface area contributed by atoms with Crippen LogP contribution in [0.3, 0.4) is 0 Å². The summed E-state index contributed by atoms with van der Waals surface area (Å²) in [6.07, 6.45) is 0.525. The van der Waals surface area contributed by atoms with Crippen LogP contribution in [0.2, 0.25) is 5.02 Å². The van der Waals surface area contributed by atoms with E-state index in [1.165, 1.54) is 24.3 Å². The third kappa shape index (κ3) is 5.78. The van der Waals surface area contributed by atoms with Crippen molar-refractivity contribution in [3.05, 3.63) is 94.5 Å². The van der Waals surface area contributed by atoms with Gasteiger partial charge in [-0.15, -0.1) is 0 Å². The molecular weight excluding hydrogens is 430 g/mol. The average Bonchev–Trinajstić information content (AvgIpc) is 2.80. The summed E-state index contributed by atoms with van der Waals surface area (Å²) in [7, 11) is 0. The Balaban J connectivity index is 1.39. The molecule has 3 aromatic rings. The number of anilines is 1. The third-order valence-corrected chi connectivity index (χ3v) is 6.18. The first-order valence-electron chi connectivity index (χ1n) is 10.9. The highest BCUT2D eigenvalue weighted by atomic mass is 35.5. The molecule has 32 heavy (non-hydrogen) atoms. The smallest absolute Gasteiger partial charge is 0.139 e. The quantitative estimate of drug-likeness (QED) is 0.417. The van der Waals surface area contributed by atoms with Crippen LogP contribution in [0.1, 0.15) is 23.7 Å². The second-order valence-corrected chi connectivity index (χ2v) is 8.59. The number of rotatable bonds is 7. The highest BCUT2D eigenvalue weighted by Crippen LogP contribution is 2.32. The van der Waals surface area contributed by atoms with Crippen LogP contribution < -0.4 is 9.64 Å². The molecule has 6 heteroatoms. The van der Waals surface area contributed by atoms with Gasteiger partial charge in [0.2, 0.25) is 0 Å². The fourth-order valence-corrected chi connectivity index (χ4v) is 4.17. The molecular formula is C26H27ClF2N2O. The van der Waals surface area contributed by atoms with Crippen molar-refractivity contribution in [1.82, 2.24) is 4.90 Å². The fraction of sp³-hybridized carbons (Fsp3) is 0.308. The first kappa shape index (κ1) is 22.6. The molecule has 1 unspecified atom stereocenters. The van der Waals surface area contributed by atoms with Gasteiger partial charge in [-0.1, -0.05) is 29.8 Å². The molecule has 0 aliphatic carbocycles. The van der Waals surface area contributed by atoms with Crippen molar-refractivity contribution in [2.24, 2.45) is 0 Å². The third-order valence-electron chi connectivity index (χ3n) is 5.87. The molecule has 168 valence electrons. The normalized spacial score (nSPS) is 15.6. The van der Waals surface area contributed by atoms with Crippen LogP contribution in [0.4, 0.5) is 14.5 Å². The van der Waals surface area contributed by atoms with Crippen LogP contribution in [0.25, 0.3) is 0 Å². The van der Waals surface area contributed by atoms with Gasteiger partial charge in [0, 0.05) is 44.8 Å². The Kier molecular flexibility index (Phi) is 7.28. The zero-order chi connectivity index (χ0) is 22.5. The SMILES string of the molecule is Cc1ccc(Cl)c(OC(CCN2CCN(c3ccc(F)cc3)CC2)c2ccc(F)cc2)c1. The Labute approximate surface area is 193 Å². The van der Waals surface area contributed by atoms with Gasteiger partial charge in [-0.05, 0) is 66.6 Å². The van der Waals surface area contributed by atoms with Crippen LogP contribution in [-0.4, -0.2) is 37.6 Å². The van der Waals surface area contributed by atoms with Crippen LogP contribution in [0, 0.1) is 18.6 Å². The molecule has 1 heterocycles. The van der Waals surface area contributed by atoms with E-state index < -0.39 is 0 Å². The second-order valence-electron chi connectivity index (χ2n) is 8.19. The summed E-state index contributed by atoms with van der Waals surface area (Å²) in [5, 5.41) is 0.565. The highest BCUT2D eigenvalue weighted by molar-refractivity contribution is 6.32. The molecule has 1 saturated heterocycles. The highest BCUT2D eigenvalue weighted by Gasteiger charge is 2.21. The summed E-state index contributed by atoms with van der Waals surface area (Å²) in [5.41, 5.74) is 3.04. The molecule has 3 aromatic carbocycles. The van der Waals surface area contributed by atoms with E-state index in [1.807, 2.05) is 37.3 Å². The molecule has 0 N–H and O–H groups in total.